The molecule has 2 aromatic rings. The molecule has 38 heavy (non-hydrogen) atoms. The highest BCUT2D eigenvalue weighted by Crippen LogP contribution is 2.34. The fourth-order valence-corrected chi connectivity index (χ4v) is 5.20. The monoisotopic (exact) mass is 540 g/mol. The molecule has 0 aromatic heterocycles. The molecule has 2 aliphatic rings. The molecule has 0 bridgehead atoms. The molecule has 2 saturated heterocycles. The minimum atomic E-state index is -4.69. The quantitative estimate of drug-likeness (QED) is 0.498. The van der Waals surface area contributed by atoms with E-state index in [1.165, 1.54) is 18.2 Å². The summed E-state index contributed by atoms with van der Waals surface area (Å²) in [5, 5.41) is 11.8. The fraction of sp³-hybridized carbons (Fsp3) is 0.481. The SMILES string of the molecule is C[C@]1(C(=O)NCc2cc(F)cc(C(F)(F)F)c2)CC[C@@H](N2CCC(c3cc(C(=O)O)ccc3F)CC2)CO1. The average molecular weight is 541 g/mol. The van der Waals surface area contributed by atoms with Crippen LogP contribution >= 0.6 is 0 Å². The van der Waals surface area contributed by atoms with Crippen LogP contribution in [0.3, 0.4) is 0 Å². The average Bonchev–Trinajstić information content (AvgIpc) is 2.87. The Bertz CT molecular complexity index is 1190. The van der Waals surface area contributed by atoms with Crippen molar-refractivity contribution >= 4 is 11.9 Å². The molecule has 11 heteroatoms. The zero-order valence-corrected chi connectivity index (χ0v) is 20.8. The van der Waals surface area contributed by atoms with E-state index in [9.17, 15) is 36.6 Å². The largest absolute Gasteiger partial charge is 0.478 e. The van der Waals surface area contributed by atoms with Crippen molar-refractivity contribution < 1.29 is 41.4 Å². The van der Waals surface area contributed by atoms with Crippen molar-refractivity contribution in [3.05, 3.63) is 70.3 Å². The number of nitrogens with zero attached hydrogens (tertiary/aromatic N) is 1. The predicted octanol–water partition coefficient (Wildman–Crippen LogP) is 5.12. The van der Waals surface area contributed by atoms with Crippen molar-refractivity contribution in [2.75, 3.05) is 19.7 Å². The van der Waals surface area contributed by atoms with Crippen molar-refractivity contribution in [3.8, 4) is 0 Å². The van der Waals surface area contributed by atoms with E-state index in [0.29, 0.717) is 50.4 Å². The van der Waals surface area contributed by atoms with Crippen LogP contribution in [0.2, 0.25) is 0 Å². The Morgan fingerprint density at radius 3 is 2.42 bits per heavy atom. The Morgan fingerprint density at radius 2 is 1.82 bits per heavy atom. The third-order valence-electron chi connectivity index (χ3n) is 7.50. The van der Waals surface area contributed by atoms with Crippen molar-refractivity contribution in [3.63, 3.8) is 0 Å². The van der Waals surface area contributed by atoms with Gasteiger partial charge in [-0.2, -0.15) is 13.2 Å². The standard InChI is InChI=1S/C27H29F5N2O4/c1-26(25(37)33-14-16-10-19(27(30,31)32)13-20(28)11-16)7-4-21(15-38-26)34-8-5-17(6-9-34)22-12-18(24(35)36)2-3-23(22)29/h2-3,10-13,17,21H,4-9,14-15H2,1H3,(H,33,37)(H,35,36)/t21-,26-/m1/s1. The topological polar surface area (TPSA) is 78.9 Å². The lowest BCUT2D eigenvalue weighted by Gasteiger charge is -2.43. The van der Waals surface area contributed by atoms with Crippen LogP contribution in [0, 0.1) is 11.6 Å². The second-order valence-corrected chi connectivity index (χ2v) is 10.1. The first-order valence-electron chi connectivity index (χ1n) is 12.4. The molecular formula is C27H29F5N2O4. The number of hydrogen-bond donors (Lipinski definition) is 2. The highest BCUT2D eigenvalue weighted by Gasteiger charge is 2.41. The second kappa shape index (κ2) is 11.0. The minimum absolute atomic E-state index is 0.00356. The number of carboxylic acid groups (broad SMARTS) is 1. The molecule has 0 spiro atoms. The van der Waals surface area contributed by atoms with E-state index in [4.69, 9.17) is 4.74 Å². The fourth-order valence-electron chi connectivity index (χ4n) is 5.20. The summed E-state index contributed by atoms with van der Waals surface area (Å²) in [6.45, 7) is 2.96. The highest BCUT2D eigenvalue weighted by molar-refractivity contribution is 5.87. The number of carbonyl (C=O) groups is 2. The molecule has 2 fully saturated rings. The Balaban J connectivity index is 1.29. The third kappa shape index (κ3) is 6.32. The summed E-state index contributed by atoms with van der Waals surface area (Å²) in [4.78, 5) is 26.3. The van der Waals surface area contributed by atoms with E-state index in [1.54, 1.807) is 6.92 Å². The smallest absolute Gasteiger partial charge is 0.416 e. The third-order valence-corrected chi connectivity index (χ3v) is 7.50. The van der Waals surface area contributed by atoms with E-state index >= 15 is 0 Å². The number of nitrogens with one attached hydrogen (secondary N) is 1. The van der Waals surface area contributed by atoms with E-state index in [2.05, 4.69) is 10.2 Å². The molecule has 1 amide bonds. The van der Waals surface area contributed by atoms with Crippen LogP contribution in [0.4, 0.5) is 22.0 Å². The molecule has 0 aliphatic carbocycles. The number of likely N-dealkylation sites (tertiary alicyclic amines) is 1. The molecule has 2 atom stereocenters. The first-order chi connectivity index (χ1) is 17.9. The van der Waals surface area contributed by atoms with Crippen molar-refractivity contribution in [2.45, 2.75) is 62.9 Å². The number of aromatic carboxylic acids is 1. The molecule has 6 nitrogen and oxygen atoms in total. The van der Waals surface area contributed by atoms with Crippen LogP contribution in [0.1, 0.15) is 65.6 Å². The van der Waals surface area contributed by atoms with Crippen LogP contribution in [0.25, 0.3) is 0 Å². The highest BCUT2D eigenvalue weighted by atomic mass is 19.4. The van der Waals surface area contributed by atoms with Gasteiger partial charge in [-0.1, -0.05) is 0 Å². The molecule has 0 unspecified atom stereocenters. The summed E-state index contributed by atoms with van der Waals surface area (Å²) in [7, 11) is 0. The first-order valence-corrected chi connectivity index (χ1v) is 12.4. The molecule has 4 rings (SSSR count). The lowest BCUT2D eigenvalue weighted by atomic mass is 9.86. The van der Waals surface area contributed by atoms with Crippen LogP contribution in [0.15, 0.2) is 36.4 Å². The summed E-state index contributed by atoms with van der Waals surface area (Å²) in [6, 6.07) is 6.05. The number of hydrogen-bond acceptors (Lipinski definition) is 4. The first kappa shape index (κ1) is 28.0. The van der Waals surface area contributed by atoms with Gasteiger partial charge in [-0.15, -0.1) is 0 Å². The van der Waals surface area contributed by atoms with Gasteiger partial charge in [-0.05, 0) is 99.1 Å². The Morgan fingerprint density at radius 1 is 1.11 bits per heavy atom. The Labute approximate surface area is 216 Å². The summed E-state index contributed by atoms with van der Waals surface area (Å²) in [5.41, 5.74) is -1.83. The van der Waals surface area contributed by atoms with Gasteiger partial charge in [0.25, 0.3) is 5.91 Å². The van der Waals surface area contributed by atoms with Gasteiger partial charge in [0.1, 0.15) is 17.2 Å². The maximum absolute atomic E-state index is 14.4. The molecule has 2 aromatic carbocycles. The normalized spacial score (nSPS) is 23.3. The van der Waals surface area contributed by atoms with Crippen LogP contribution < -0.4 is 5.32 Å². The van der Waals surface area contributed by atoms with E-state index in [0.717, 1.165) is 12.1 Å². The number of rotatable bonds is 6. The van der Waals surface area contributed by atoms with Crippen LogP contribution in [0.5, 0.6) is 0 Å². The number of alkyl halides is 3. The molecule has 2 aliphatic heterocycles. The van der Waals surface area contributed by atoms with E-state index in [1.807, 2.05) is 0 Å². The zero-order chi connectivity index (χ0) is 27.7. The molecule has 2 N–H and O–H groups in total. The zero-order valence-electron chi connectivity index (χ0n) is 20.8. The van der Waals surface area contributed by atoms with Gasteiger partial charge in [0.05, 0.1) is 17.7 Å². The number of carbonyl (C=O) groups excluding carboxylic acids is 1. The molecule has 0 radical (unpaired) electrons. The second-order valence-electron chi connectivity index (χ2n) is 10.1. The lowest BCUT2D eigenvalue weighted by molar-refractivity contribution is -0.157. The van der Waals surface area contributed by atoms with Crippen LogP contribution in [-0.2, 0) is 22.3 Å². The lowest BCUT2D eigenvalue weighted by Crippen LogP contribution is -2.54. The maximum atomic E-state index is 14.4. The number of benzene rings is 2. The molecular weight excluding hydrogens is 511 g/mol. The number of halogens is 5. The van der Waals surface area contributed by atoms with Gasteiger partial charge < -0.3 is 15.2 Å². The van der Waals surface area contributed by atoms with E-state index in [-0.39, 0.29) is 36.2 Å². The Kier molecular flexibility index (Phi) is 8.08. The van der Waals surface area contributed by atoms with Gasteiger partial charge in [-0.25, -0.2) is 13.6 Å². The number of carboxylic acids is 1. The Hall–Kier alpha value is -3.05. The summed E-state index contributed by atoms with van der Waals surface area (Å²) >= 11 is 0. The van der Waals surface area contributed by atoms with Crippen molar-refractivity contribution in [2.24, 2.45) is 0 Å². The number of piperidine rings is 1. The number of amides is 1. The summed E-state index contributed by atoms with van der Waals surface area (Å²) in [5.74, 6) is -3.12. The van der Waals surface area contributed by atoms with E-state index < -0.39 is 40.9 Å². The summed E-state index contributed by atoms with van der Waals surface area (Å²) < 4.78 is 72.8. The maximum Gasteiger partial charge on any atom is 0.416 e. The van der Waals surface area contributed by atoms with Gasteiger partial charge in [0.15, 0.2) is 0 Å². The van der Waals surface area contributed by atoms with Crippen molar-refractivity contribution in [1.82, 2.24) is 10.2 Å². The van der Waals surface area contributed by atoms with Gasteiger partial charge in [0.2, 0.25) is 0 Å². The number of ether oxygens (including phenoxy) is 1. The molecule has 2 heterocycles. The van der Waals surface area contributed by atoms with Crippen molar-refractivity contribution in [1.29, 1.82) is 0 Å². The van der Waals surface area contributed by atoms with Gasteiger partial charge in [-0.3, -0.25) is 9.69 Å². The molecule has 0 saturated carbocycles. The molecule has 206 valence electrons. The predicted molar refractivity (Wildman–Crippen MR) is 128 cm³/mol. The van der Waals surface area contributed by atoms with Gasteiger partial charge >= 0.3 is 12.1 Å². The van der Waals surface area contributed by atoms with Crippen LogP contribution in [-0.4, -0.2) is 53.2 Å². The summed E-state index contributed by atoms with van der Waals surface area (Å²) in [6.07, 6.45) is -2.35. The minimum Gasteiger partial charge on any atom is -0.478 e. The van der Waals surface area contributed by atoms with Gasteiger partial charge in [0, 0.05) is 12.6 Å².